The summed E-state index contributed by atoms with van der Waals surface area (Å²) in [4.78, 5) is 67.0. The van der Waals surface area contributed by atoms with Gasteiger partial charge in [-0.2, -0.15) is 0 Å². The number of hydrogen-bond acceptors (Lipinski definition) is 18. The highest BCUT2D eigenvalue weighted by atomic mass is 16.8. The number of aliphatic hydroxyl groups excluding tert-OH is 3. The molecule has 0 bridgehead atoms. The molecule has 5 fully saturated rings. The molecule has 20 heteroatoms. The molecule has 6 N–H and O–H groups in total. The van der Waals surface area contributed by atoms with Crippen LogP contribution in [-0.4, -0.2) is 144 Å². The van der Waals surface area contributed by atoms with Gasteiger partial charge in [0.25, 0.3) is 0 Å². The third-order valence-electron chi connectivity index (χ3n) is 18.2. The van der Waals surface area contributed by atoms with Gasteiger partial charge in [0.05, 0.1) is 38.1 Å². The molecule has 0 spiro atoms. The first kappa shape index (κ1) is 60.6. The van der Waals surface area contributed by atoms with E-state index in [9.17, 15) is 44.4 Å². The number of alkyl carbamates (subject to hydrolysis) is 2. The van der Waals surface area contributed by atoms with Crippen LogP contribution in [0, 0.1) is 40.4 Å². The Bertz CT molecular complexity index is 2540. The summed E-state index contributed by atoms with van der Waals surface area (Å²) >= 11 is 0. The Morgan fingerprint density at radius 2 is 1.41 bits per heavy atom. The average molecular weight is 1120 g/mol. The number of ketones is 1. The monoisotopic (exact) mass is 1120 g/mol. The molecule has 0 aromatic heterocycles. The van der Waals surface area contributed by atoms with Crippen LogP contribution in [0.4, 0.5) is 9.59 Å². The first-order chi connectivity index (χ1) is 38.1. The number of Topliss-reactive ketones (excluding diaryl/α,β-unsaturated/α-hetero) is 1. The molecular formula is C60H82N2O18. The second-order valence-electron chi connectivity index (χ2n) is 23.5. The molecule has 17 atom stereocenters. The number of allylic oxidation sites excluding steroid dienone is 1. The number of rotatable bonds is 20. The Hall–Kier alpha value is -5.45. The van der Waals surface area contributed by atoms with E-state index in [4.69, 9.17) is 42.6 Å². The third kappa shape index (κ3) is 12.9. The van der Waals surface area contributed by atoms with Crippen LogP contribution >= 0.6 is 0 Å². The maximum Gasteiger partial charge on any atom is 0.407 e. The number of fused-ring (bicyclic) bond motifs is 5. The van der Waals surface area contributed by atoms with E-state index in [0.717, 1.165) is 31.7 Å². The molecule has 20 nitrogen and oxygen atoms in total. The molecule has 80 heavy (non-hydrogen) atoms. The second-order valence-corrected chi connectivity index (χ2v) is 23.5. The predicted molar refractivity (Wildman–Crippen MR) is 287 cm³/mol. The third-order valence-corrected chi connectivity index (χ3v) is 18.2. The fourth-order valence-electron chi connectivity index (χ4n) is 13.7. The molecule has 2 amide bonds. The Morgan fingerprint density at radius 3 is 2.04 bits per heavy atom. The minimum absolute atomic E-state index is 0.0340. The summed E-state index contributed by atoms with van der Waals surface area (Å²) < 4.78 is 53.7. The standard InChI is InChI=1S/C60H82N2O18/c1-9-26-73-56(69)61-29-36-11-13-37(14-12-36)30-62-57(70)80-50-47(67)32-75-55(52(50)78-53(68)38-15-18-41(72-8)19-16-38)79-49-46(66)31-74-54(51(49)76-35(5)63)77-48-28-44-42-20-17-39-27-40(64)22-24-58(39,6)43(42)23-25-59(44,7)60(48,71)34(4)45(65)21-10-33(2)3/h9,11-19,33-34,40,42-44,46-52,54-55,64,66-67,71H,1,10,20-32H2,2-8H3,(H,61,69)(H,62,70)/t34-,40?,42?,43?,44+,46?,47?,48?,49?,50?,51?,52?,54?,55?,58?,59?,60-/m1/s1. The first-order valence-corrected chi connectivity index (χ1v) is 28.2. The fraction of sp³-hybridized carbons (Fsp3) is 0.650. The molecule has 14 unspecified atom stereocenters. The molecule has 2 aromatic rings. The van der Waals surface area contributed by atoms with Crippen molar-refractivity contribution in [2.24, 2.45) is 40.4 Å². The molecule has 2 heterocycles. The lowest BCUT2D eigenvalue weighted by Gasteiger charge is -2.59. The van der Waals surface area contributed by atoms with Crippen molar-refractivity contribution in [3.8, 4) is 5.75 Å². The molecule has 2 saturated heterocycles. The van der Waals surface area contributed by atoms with E-state index in [1.807, 2.05) is 13.8 Å². The van der Waals surface area contributed by atoms with Crippen molar-refractivity contribution in [2.45, 2.75) is 179 Å². The highest BCUT2D eigenvalue weighted by Gasteiger charge is 2.71. The van der Waals surface area contributed by atoms with Gasteiger partial charge in [-0.25, -0.2) is 14.4 Å². The van der Waals surface area contributed by atoms with Crippen LogP contribution in [0.2, 0.25) is 0 Å². The molecule has 3 saturated carbocycles. The van der Waals surface area contributed by atoms with Gasteiger partial charge in [-0.1, -0.05) is 83.2 Å². The molecule has 4 aliphatic carbocycles. The van der Waals surface area contributed by atoms with E-state index in [2.05, 4.69) is 37.1 Å². The van der Waals surface area contributed by atoms with Crippen LogP contribution in [0.25, 0.3) is 0 Å². The van der Waals surface area contributed by atoms with Crippen molar-refractivity contribution in [1.82, 2.24) is 10.6 Å². The molecule has 6 aliphatic rings. The topological polar surface area (TPSA) is 273 Å². The highest BCUT2D eigenvalue weighted by molar-refractivity contribution is 5.89. The molecular weight excluding hydrogens is 1040 g/mol. The van der Waals surface area contributed by atoms with Gasteiger partial charge in [0.15, 0.2) is 30.9 Å². The maximum atomic E-state index is 14.4. The van der Waals surface area contributed by atoms with Gasteiger partial charge in [-0.3, -0.25) is 9.59 Å². The summed E-state index contributed by atoms with van der Waals surface area (Å²) in [7, 11) is 1.46. The number of carbonyl (C=O) groups is 5. The van der Waals surface area contributed by atoms with Gasteiger partial charge < -0.3 is 73.7 Å². The molecule has 2 aromatic carbocycles. The summed E-state index contributed by atoms with van der Waals surface area (Å²) in [5, 5.41) is 52.8. The number of methoxy groups -OCH3 is 1. The highest BCUT2D eigenvalue weighted by Crippen LogP contribution is 2.69. The second kappa shape index (κ2) is 25.8. The maximum absolute atomic E-state index is 14.4. The number of hydrogen-bond donors (Lipinski definition) is 6. The lowest BCUT2D eigenvalue weighted by Crippen LogP contribution is -2.64. The summed E-state index contributed by atoms with van der Waals surface area (Å²) in [5.41, 5.74) is 0.0660. The Kier molecular flexibility index (Phi) is 19.5. The Balaban J connectivity index is 1.05. The number of esters is 2. The van der Waals surface area contributed by atoms with Crippen molar-refractivity contribution in [2.75, 3.05) is 26.9 Å². The smallest absolute Gasteiger partial charge is 0.407 e. The minimum atomic E-state index is -1.74. The van der Waals surface area contributed by atoms with E-state index in [1.165, 1.54) is 43.0 Å². The number of carbonyl (C=O) groups excluding carboxylic acids is 5. The van der Waals surface area contributed by atoms with Gasteiger partial charge in [-0.15, -0.1) is 0 Å². The van der Waals surface area contributed by atoms with Crippen LogP contribution < -0.4 is 15.4 Å². The molecule has 440 valence electrons. The molecule has 0 radical (unpaired) electrons. The quantitative estimate of drug-likeness (QED) is 0.0477. The van der Waals surface area contributed by atoms with Gasteiger partial charge in [0.1, 0.15) is 42.1 Å². The van der Waals surface area contributed by atoms with E-state index in [1.54, 1.807) is 31.2 Å². The fourth-order valence-corrected chi connectivity index (χ4v) is 13.7. The molecule has 8 rings (SSSR count). The van der Waals surface area contributed by atoms with Crippen LogP contribution in [0.3, 0.4) is 0 Å². The average Bonchev–Trinajstić information content (AvgIpc) is 3.73. The zero-order valence-corrected chi connectivity index (χ0v) is 47.0. The van der Waals surface area contributed by atoms with Gasteiger partial charge in [0.2, 0.25) is 0 Å². The van der Waals surface area contributed by atoms with Crippen LogP contribution in [0.5, 0.6) is 5.75 Å². The number of benzene rings is 2. The number of ether oxygens (including phenoxy) is 9. The van der Waals surface area contributed by atoms with Crippen molar-refractivity contribution in [1.29, 1.82) is 0 Å². The van der Waals surface area contributed by atoms with E-state index >= 15 is 0 Å². The van der Waals surface area contributed by atoms with Crippen LogP contribution in [-0.2, 0) is 60.6 Å². The zero-order chi connectivity index (χ0) is 57.7. The lowest BCUT2D eigenvalue weighted by molar-refractivity contribution is -0.344. The zero-order valence-electron chi connectivity index (χ0n) is 47.0. The van der Waals surface area contributed by atoms with Crippen molar-refractivity contribution < 1.29 is 87.0 Å². The van der Waals surface area contributed by atoms with Crippen molar-refractivity contribution in [3.63, 3.8) is 0 Å². The summed E-state index contributed by atoms with van der Waals surface area (Å²) in [6.45, 7) is 14.2. The number of aliphatic hydroxyl groups is 4. The van der Waals surface area contributed by atoms with Gasteiger partial charge in [0, 0.05) is 37.8 Å². The summed E-state index contributed by atoms with van der Waals surface area (Å²) in [6.07, 6.45) is -6.48. The minimum Gasteiger partial charge on any atom is -0.497 e. The summed E-state index contributed by atoms with van der Waals surface area (Å²) in [6, 6.07) is 12.9. The largest absolute Gasteiger partial charge is 0.497 e. The SMILES string of the molecule is C=CCOC(=O)NCc1ccc(CNC(=O)OC2C(O)COC(OC3C(O)COC(OC4C[C@H]5C6CC=C7CC(O)CCC7(C)C6CCC5(C)[C@@]4(O)[C@H](C)C(=O)CCC(C)C)C3OC(C)=O)C2OC(=O)c2ccc(OC)cc2)cc1. The molecule has 2 aliphatic heterocycles. The number of amides is 2. The first-order valence-electron chi connectivity index (χ1n) is 28.2. The van der Waals surface area contributed by atoms with Gasteiger partial charge in [-0.05, 0) is 116 Å². The van der Waals surface area contributed by atoms with E-state index in [-0.39, 0.29) is 72.7 Å². The van der Waals surface area contributed by atoms with E-state index < -0.39 is 110 Å². The van der Waals surface area contributed by atoms with E-state index in [0.29, 0.717) is 43.4 Å². The Morgan fingerprint density at radius 1 is 0.787 bits per heavy atom. The van der Waals surface area contributed by atoms with Crippen LogP contribution in [0.15, 0.2) is 72.8 Å². The van der Waals surface area contributed by atoms with Crippen LogP contribution in [0.1, 0.15) is 121 Å². The summed E-state index contributed by atoms with van der Waals surface area (Å²) in [5.74, 6) is -1.74. The predicted octanol–water partition coefficient (Wildman–Crippen LogP) is 6.37. The Labute approximate surface area is 468 Å². The number of nitrogens with one attached hydrogen (secondary N) is 2. The van der Waals surface area contributed by atoms with Crippen molar-refractivity contribution >= 4 is 29.9 Å². The van der Waals surface area contributed by atoms with Crippen molar-refractivity contribution in [3.05, 3.63) is 89.5 Å². The van der Waals surface area contributed by atoms with Gasteiger partial charge >= 0.3 is 24.1 Å². The lowest BCUT2D eigenvalue weighted by atomic mass is 9.46. The normalized spacial score (nSPS) is 35.0.